The molecule has 0 saturated carbocycles. The van der Waals surface area contributed by atoms with Gasteiger partial charge in [-0.25, -0.2) is 0 Å². The molecule has 0 aliphatic rings. The van der Waals surface area contributed by atoms with Crippen LogP contribution in [0.3, 0.4) is 0 Å². The van der Waals surface area contributed by atoms with Crippen molar-refractivity contribution in [3.63, 3.8) is 0 Å². The Labute approximate surface area is 84.5 Å². The van der Waals surface area contributed by atoms with Crippen LogP contribution < -0.4 is 4.74 Å². The summed E-state index contributed by atoms with van der Waals surface area (Å²) in [4.78, 5) is 1.20. The van der Waals surface area contributed by atoms with Gasteiger partial charge in [0.25, 0.3) is 0 Å². The molecule has 1 aromatic rings. The van der Waals surface area contributed by atoms with Crippen molar-refractivity contribution < 1.29 is 4.74 Å². The lowest BCUT2D eigenvalue weighted by Gasteiger charge is -2.10. The third-order valence-corrected chi connectivity index (χ3v) is 2.85. The molecule has 0 aliphatic heterocycles. The summed E-state index contributed by atoms with van der Waals surface area (Å²) >= 11 is 1.72. The van der Waals surface area contributed by atoms with Crippen molar-refractivity contribution in [3.05, 3.63) is 23.8 Å². The molecule has 0 amide bonds. The highest BCUT2D eigenvalue weighted by Crippen LogP contribution is 2.30. The second-order valence-corrected chi connectivity index (χ2v) is 4.12. The first-order valence-electron chi connectivity index (χ1n) is 4.41. The molecule has 0 N–H and O–H groups in total. The van der Waals surface area contributed by atoms with Crippen molar-refractivity contribution in [1.29, 1.82) is 0 Å². The summed E-state index contributed by atoms with van der Waals surface area (Å²) in [6.07, 6.45) is 2.06. The second kappa shape index (κ2) is 4.56. The fourth-order valence-corrected chi connectivity index (χ4v) is 1.76. The molecule has 1 nitrogen and oxygen atoms in total. The third-order valence-electron chi connectivity index (χ3n) is 2.07. The molecular formula is C11H16OS. The minimum Gasteiger partial charge on any atom is -0.496 e. The molecule has 1 aromatic carbocycles. The largest absolute Gasteiger partial charge is 0.496 e. The van der Waals surface area contributed by atoms with E-state index >= 15 is 0 Å². The van der Waals surface area contributed by atoms with E-state index in [0.29, 0.717) is 5.92 Å². The molecule has 1 rings (SSSR count). The Balaban J connectivity index is 3.05. The van der Waals surface area contributed by atoms with E-state index in [1.54, 1.807) is 18.9 Å². The van der Waals surface area contributed by atoms with Gasteiger partial charge in [0.05, 0.1) is 7.11 Å². The van der Waals surface area contributed by atoms with Gasteiger partial charge in [0.15, 0.2) is 0 Å². The van der Waals surface area contributed by atoms with E-state index in [-0.39, 0.29) is 0 Å². The minimum atomic E-state index is 0.560. The molecule has 0 fully saturated rings. The molecule has 0 unspecified atom stereocenters. The zero-order chi connectivity index (χ0) is 9.84. The predicted molar refractivity (Wildman–Crippen MR) is 58.9 cm³/mol. The van der Waals surface area contributed by atoms with Gasteiger partial charge in [-0.3, -0.25) is 0 Å². The van der Waals surface area contributed by atoms with Crippen molar-refractivity contribution in [3.8, 4) is 5.75 Å². The van der Waals surface area contributed by atoms with Crippen molar-refractivity contribution in [2.45, 2.75) is 24.7 Å². The van der Waals surface area contributed by atoms with E-state index in [0.717, 1.165) is 5.75 Å². The van der Waals surface area contributed by atoms with E-state index in [1.807, 2.05) is 0 Å². The van der Waals surface area contributed by atoms with Crippen LogP contribution in [0.1, 0.15) is 25.3 Å². The first-order chi connectivity index (χ1) is 6.19. The molecule has 0 bridgehead atoms. The van der Waals surface area contributed by atoms with Crippen LogP contribution in [0.25, 0.3) is 0 Å². The molecule has 0 atom stereocenters. The van der Waals surface area contributed by atoms with Crippen molar-refractivity contribution in [1.82, 2.24) is 0 Å². The van der Waals surface area contributed by atoms with E-state index < -0.39 is 0 Å². The van der Waals surface area contributed by atoms with Crippen molar-refractivity contribution in [2.75, 3.05) is 13.4 Å². The van der Waals surface area contributed by atoms with E-state index in [9.17, 15) is 0 Å². The molecule has 0 aromatic heterocycles. The maximum absolute atomic E-state index is 5.31. The van der Waals surface area contributed by atoms with Gasteiger partial charge in [-0.2, -0.15) is 0 Å². The average molecular weight is 196 g/mol. The van der Waals surface area contributed by atoms with Gasteiger partial charge in [0.2, 0.25) is 0 Å². The average Bonchev–Trinajstić information content (AvgIpc) is 2.16. The highest BCUT2D eigenvalue weighted by molar-refractivity contribution is 7.98. The highest BCUT2D eigenvalue weighted by Gasteiger charge is 2.05. The molecule has 0 aliphatic carbocycles. The van der Waals surface area contributed by atoms with Crippen LogP contribution in [-0.4, -0.2) is 13.4 Å². The zero-order valence-corrected chi connectivity index (χ0v) is 9.44. The lowest BCUT2D eigenvalue weighted by molar-refractivity contribution is 0.404. The van der Waals surface area contributed by atoms with Crippen LogP contribution in [-0.2, 0) is 0 Å². The quantitative estimate of drug-likeness (QED) is 0.684. The summed E-state index contributed by atoms with van der Waals surface area (Å²) < 4.78 is 5.31. The Morgan fingerprint density at radius 1 is 1.31 bits per heavy atom. The smallest absolute Gasteiger partial charge is 0.132 e. The van der Waals surface area contributed by atoms with Gasteiger partial charge >= 0.3 is 0 Å². The van der Waals surface area contributed by atoms with E-state index in [1.165, 1.54) is 10.5 Å². The summed E-state index contributed by atoms with van der Waals surface area (Å²) in [5.41, 5.74) is 1.33. The number of hydrogen-bond donors (Lipinski definition) is 0. The molecule has 0 spiro atoms. The fourth-order valence-electron chi connectivity index (χ4n) is 1.21. The van der Waals surface area contributed by atoms with Crippen molar-refractivity contribution in [2.24, 2.45) is 0 Å². The number of hydrogen-bond acceptors (Lipinski definition) is 2. The SMILES string of the molecule is COc1cc(C(C)C)ccc1SC. The standard InChI is InChI=1S/C11H16OS/c1-8(2)9-5-6-11(13-4)10(7-9)12-3/h5-8H,1-4H3. The summed E-state index contributed by atoms with van der Waals surface area (Å²) in [6, 6.07) is 6.41. The van der Waals surface area contributed by atoms with Gasteiger partial charge < -0.3 is 4.74 Å². The Kier molecular flexibility index (Phi) is 3.67. The maximum atomic E-state index is 5.31. The number of ether oxygens (including phenoxy) is 1. The second-order valence-electron chi connectivity index (χ2n) is 3.27. The lowest BCUT2D eigenvalue weighted by Crippen LogP contribution is -1.91. The molecule has 0 saturated heterocycles. The third kappa shape index (κ3) is 2.41. The van der Waals surface area contributed by atoms with Crippen LogP contribution in [0.4, 0.5) is 0 Å². The first kappa shape index (κ1) is 10.5. The van der Waals surface area contributed by atoms with E-state index in [2.05, 4.69) is 38.3 Å². The van der Waals surface area contributed by atoms with E-state index in [4.69, 9.17) is 4.74 Å². The first-order valence-corrected chi connectivity index (χ1v) is 5.63. The summed E-state index contributed by atoms with van der Waals surface area (Å²) in [7, 11) is 1.72. The van der Waals surface area contributed by atoms with Crippen LogP contribution in [0.5, 0.6) is 5.75 Å². The van der Waals surface area contributed by atoms with Crippen LogP contribution in [0, 0.1) is 0 Å². The molecule has 0 heterocycles. The monoisotopic (exact) mass is 196 g/mol. The van der Waals surface area contributed by atoms with Gasteiger partial charge in [-0.15, -0.1) is 11.8 Å². The summed E-state index contributed by atoms with van der Waals surface area (Å²) in [6.45, 7) is 4.38. The van der Waals surface area contributed by atoms with Gasteiger partial charge in [-0.1, -0.05) is 19.9 Å². The maximum Gasteiger partial charge on any atom is 0.132 e. The lowest BCUT2D eigenvalue weighted by atomic mass is 10.0. The number of benzene rings is 1. The summed E-state index contributed by atoms with van der Waals surface area (Å²) in [5.74, 6) is 1.54. The Hall–Kier alpha value is -0.630. The predicted octanol–water partition coefficient (Wildman–Crippen LogP) is 3.54. The van der Waals surface area contributed by atoms with Gasteiger partial charge in [0, 0.05) is 4.90 Å². The Bertz CT molecular complexity index is 281. The molecule has 0 radical (unpaired) electrons. The van der Waals surface area contributed by atoms with Crippen molar-refractivity contribution >= 4 is 11.8 Å². The van der Waals surface area contributed by atoms with Crippen LogP contribution in [0.15, 0.2) is 23.1 Å². The minimum absolute atomic E-state index is 0.560. The number of rotatable bonds is 3. The molecule has 2 heteroatoms. The molecular weight excluding hydrogens is 180 g/mol. The normalized spacial score (nSPS) is 10.5. The Morgan fingerprint density at radius 2 is 2.00 bits per heavy atom. The fraction of sp³-hybridized carbons (Fsp3) is 0.455. The Morgan fingerprint density at radius 3 is 2.46 bits per heavy atom. The highest BCUT2D eigenvalue weighted by atomic mass is 32.2. The topological polar surface area (TPSA) is 9.23 Å². The molecule has 72 valence electrons. The van der Waals surface area contributed by atoms with Crippen LogP contribution in [0.2, 0.25) is 0 Å². The summed E-state index contributed by atoms with van der Waals surface area (Å²) in [5, 5.41) is 0. The van der Waals surface area contributed by atoms with Gasteiger partial charge in [-0.05, 0) is 29.9 Å². The zero-order valence-electron chi connectivity index (χ0n) is 8.63. The van der Waals surface area contributed by atoms with Gasteiger partial charge in [0.1, 0.15) is 5.75 Å². The number of methoxy groups -OCH3 is 1. The van der Waals surface area contributed by atoms with Crippen LogP contribution >= 0.6 is 11.8 Å². The molecule has 13 heavy (non-hydrogen) atoms. The number of thioether (sulfide) groups is 1.